The van der Waals surface area contributed by atoms with Crippen LogP contribution in [0.1, 0.15) is 31.7 Å². The molecule has 8 heteroatoms. The van der Waals surface area contributed by atoms with Crippen molar-refractivity contribution in [2.45, 2.75) is 32.7 Å². The average Bonchev–Trinajstić information content (AvgIpc) is 3.45. The fourth-order valence-corrected chi connectivity index (χ4v) is 2.32. The van der Waals surface area contributed by atoms with Crippen molar-refractivity contribution in [2.75, 3.05) is 32.9 Å². The molecule has 2 rings (SSSR count). The van der Waals surface area contributed by atoms with Crippen LogP contribution in [0.2, 0.25) is 0 Å². The first kappa shape index (κ1) is 23.5. The van der Waals surface area contributed by atoms with Gasteiger partial charge in [-0.15, -0.1) is 24.0 Å². The highest BCUT2D eigenvalue weighted by atomic mass is 127. The molecule has 1 aliphatic carbocycles. The molecule has 0 bridgehead atoms. The number of nitrogens with zero attached hydrogens (tertiary/aromatic N) is 1. The van der Waals surface area contributed by atoms with Crippen LogP contribution in [0.15, 0.2) is 29.3 Å². The lowest BCUT2D eigenvalue weighted by Gasteiger charge is -2.11. The van der Waals surface area contributed by atoms with Crippen molar-refractivity contribution >= 4 is 35.8 Å². The van der Waals surface area contributed by atoms with E-state index in [1.165, 1.54) is 12.8 Å². The van der Waals surface area contributed by atoms with Crippen LogP contribution in [-0.4, -0.2) is 44.8 Å². The molecule has 4 N–H and O–H groups in total. The van der Waals surface area contributed by atoms with Crippen molar-refractivity contribution in [3.63, 3.8) is 0 Å². The Kier molecular flexibility index (Phi) is 11.8. The number of amides is 1. The lowest BCUT2D eigenvalue weighted by Crippen LogP contribution is -2.38. The summed E-state index contributed by atoms with van der Waals surface area (Å²) in [6, 6.07) is 7.50. The summed E-state index contributed by atoms with van der Waals surface area (Å²) in [5, 5.41) is 6.55. The molecule has 27 heavy (non-hydrogen) atoms. The number of carbonyl (C=O) groups is 1. The highest BCUT2D eigenvalue weighted by molar-refractivity contribution is 14.0. The fourth-order valence-electron chi connectivity index (χ4n) is 2.32. The number of hydrogen-bond donors (Lipinski definition) is 3. The highest BCUT2D eigenvalue weighted by Gasteiger charge is 2.20. The molecule has 7 nitrogen and oxygen atoms in total. The molecule has 1 aromatic rings. The number of guanidine groups is 1. The second-order valence-corrected chi connectivity index (χ2v) is 6.40. The lowest BCUT2D eigenvalue weighted by molar-refractivity contribution is -0.119. The van der Waals surface area contributed by atoms with E-state index in [-0.39, 0.29) is 30.6 Å². The molecule has 1 aliphatic rings. The van der Waals surface area contributed by atoms with Gasteiger partial charge in [-0.2, -0.15) is 0 Å². The van der Waals surface area contributed by atoms with Crippen LogP contribution >= 0.6 is 24.0 Å². The van der Waals surface area contributed by atoms with E-state index in [1.54, 1.807) is 6.07 Å². The van der Waals surface area contributed by atoms with Gasteiger partial charge in [-0.25, -0.2) is 4.99 Å². The topological polar surface area (TPSA) is 98.0 Å². The number of carbonyl (C=O) groups excluding carboxylic acids is 1. The quantitative estimate of drug-likeness (QED) is 0.180. The van der Waals surface area contributed by atoms with E-state index in [9.17, 15) is 4.79 Å². The standard InChI is InChI=1S/C19H30N4O3.HI/c1-2-21-19(22-9-4-10-25-13-15-7-8-15)23-12-16-5-3-6-17(11-16)26-14-18(20)24;/h3,5-6,11,15H,2,4,7-10,12-14H2,1H3,(H2,20,24)(H2,21,22,23);1H. The van der Waals surface area contributed by atoms with E-state index in [1.807, 2.05) is 25.1 Å². The SMILES string of the molecule is CCNC(=NCc1cccc(OCC(N)=O)c1)NCCCOCC1CC1.I. The largest absolute Gasteiger partial charge is 0.484 e. The number of rotatable bonds is 12. The van der Waals surface area contributed by atoms with Crippen molar-refractivity contribution in [2.24, 2.45) is 16.6 Å². The molecule has 0 spiro atoms. The molecule has 0 aliphatic heterocycles. The molecule has 152 valence electrons. The van der Waals surface area contributed by atoms with Crippen molar-refractivity contribution in [3.8, 4) is 5.75 Å². The van der Waals surface area contributed by atoms with Gasteiger partial charge in [0.1, 0.15) is 5.75 Å². The van der Waals surface area contributed by atoms with Crippen molar-refractivity contribution in [3.05, 3.63) is 29.8 Å². The minimum Gasteiger partial charge on any atom is -0.484 e. The minimum absolute atomic E-state index is 0. The summed E-state index contributed by atoms with van der Waals surface area (Å²) in [5.41, 5.74) is 6.09. The summed E-state index contributed by atoms with van der Waals surface area (Å²) < 4.78 is 11.0. The van der Waals surface area contributed by atoms with Crippen LogP contribution in [0.5, 0.6) is 5.75 Å². The Morgan fingerprint density at radius 3 is 2.85 bits per heavy atom. The predicted molar refractivity (Wildman–Crippen MR) is 118 cm³/mol. The van der Waals surface area contributed by atoms with Gasteiger partial charge in [0.25, 0.3) is 5.91 Å². The van der Waals surface area contributed by atoms with Crippen LogP contribution < -0.4 is 21.1 Å². The molecule has 1 fully saturated rings. The monoisotopic (exact) mass is 490 g/mol. The minimum atomic E-state index is -0.492. The molecule has 0 heterocycles. The average molecular weight is 490 g/mol. The maximum Gasteiger partial charge on any atom is 0.255 e. The molecule has 1 aromatic carbocycles. The van der Waals surface area contributed by atoms with Gasteiger partial charge in [-0.05, 0) is 49.8 Å². The molecule has 1 amide bonds. The van der Waals surface area contributed by atoms with Crippen LogP contribution in [0.3, 0.4) is 0 Å². The Labute approximate surface area is 178 Å². The highest BCUT2D eigenvalue weighted by Crippen LogP contribution is 2.28. The van der Waals surface area contributed by atoms with E-state index in [2.05, 4.69) is 15.6 Å². The van der Waals surface area contributed by atoms with Crippen LogP contribution in [0, 0.1) is 5.92 Å². The van der Waals surface area contributed by atoms with E-state index >= 15 is 0 Å². The Morgan fingerprint density at radius 2 is 2.15 bits per heavy atom. The summed E-state index contributed by atoms with van der Waals surface area (Å²) in [4.78, 5) is 15.4. The van der Waals surface area contributed by atoms with Crippen molar-refractivity contribution in [1.29, 1.82) is 0 Å². The fraction of sp³-hybridized carbons (Fsp3) is 0.579. The number of benzene rings is 1. The predicted octanol–water partition coefficient (Wildman–Crippen LogP) is 2.04. The van der Waals surface area contributed by atoms with E-state index in [0.717, 1.165) is 50.2 Å². The van der Waals surface area contributed by atoms with Gasteiger partial charge in [0.15, 0.2) is 12.6 Å². The van der Waals surface area contributed by atoms with Crippen LogP contribution in [-0.2, 0) is 16.1 Å². The zero-order valence-electron chi connectivity index (χ0n) is 15.9. The zero-order chi connectivity index (χ0) is 18.6. The van der Waals surface area contributed by atoms with Gasteiger partial charge in [0, 0.05) is 26.3 Å². The van der Waals surface area contributed by atoms with Gasteiger partial charge < -0.3 is 25.8 Å². The van der Waals surface area contributed by atoms with Crippen molar-refractivity contribution in [1.82, 2.24) is 10.6 Å². The number of halogens is 1. The smallest absolute Gasteiger partial charge is 0.255 e. The molecule has 0 aromatic heterocycles. The second-order valence-electron chi connectivity index (χ2n) is 6.40. The first-order valence-electron chi connectivity index (χ1n) is 9.27. The number of nitrogens with one attached hydrogen (secondary N) is 2. The molecule has 1 saturated carbocycles. The molecular formula is C19H31IN4O3. The molecule has 0 unspecified atom stereocenters. The van der Waals surface area contributed by atoms with E-state index in [0.29, 0.717) is 12.3 Å². The van der Waals surface area contributed by atoms with Gasteiger partial charge >= 0.3 is 0 Å². The molecule has 0 saturated heterocycles. The summed E-state index contributed by atoms with van der Waals surface area (Å²) in [7, 11) is 0. The van der Waals surface area contributed by atoms with Gasteiger partial charge in [-0.3, -0.25) is 4.79 Å². The number of nitrogens with two attached hydrogens (primary N) is 1. The second kappa shape index (κ2) is 13.6. The molecular weight excluding hydrogens is 459 g/mol. The number of hydrogen-bond acceptors (Lipinski definition) is 4. The Morgan fingerprint density at radius 1 is 1.33 bits per heavy atom. The lowest BCUT2D eigenvalue weighted by atomic mass is 10.2. The first-order valence-corrected chi connectivity index (χ1v) is 9.27. The van der Waals surface area contributed by atoms with Crippen LogP contribution in [0.4, 0.5) is 0 Å². The summed E-state index contributed by atoms with van der Waals surface area (Å²) in [6.07, 6.45) is 3.60. The maximum absolute atomic E-state index is 10.8. The van der Waals surface area contributed by atoms with E-state index < -0.39 is 5.91 Å². The third-order valence-electron chi connectivity index (χ3n) is 3.85. The van der Waals surface area contributed by atoms with Crippen LogP contribution in [0.25, 0.3) is 0 Å². The summed E-state index contributed by atoms with van der Waals surface area (Å²) in [5.74, 6) is 1.71. The number of primary amides is 1. The number of ether oxygens (including phenoxy) is 2. The Bertz CT molecular complexity index is 594. The first-order chi connectivity index (χ1) is 12.7. The summed E-state index contributed by atoms with van der Waals surface area (Å²) >= 11 is 0. The summed E-state index contributed by atoms with van der Waals surface area (Å²) in [6.45, 7) is 5.73. The van der Waals surface area contributed by atoms with Crippen molar-refractivity contribution < 1.29 is 14.3 Å². The van der Waals surface area contributed by atoms with Gasteiger partial charge in [0.2, 0.25) is 0 Å². The normalized spacial score (nSPS) is 13.6. The molecule has 0 atom stereocenters. The third kappa shape index (κ3) is 11.0. The Balaban J connectivity index is 0.00000364. The maximum atomic E-state index is 10.8. The Hall–Kier alpha value is -1.55. The third-order valence-corrected chi connectivity index (χ3v) is 3.85. The van der Waals surface area contributed by atoms with E-state index in [4.69, 9.17) is 15.2 Å². The van der Waals surface area contributed by atoms with Gasteiger partial charge in [0.05, 0.1) is 6.54 Å². The van der Waals surface area contributed by atoms with Gasteiger partial charge in [-0.1, -0.05) is 12.1 Å². The molecule has 0 radical (unpaired) electrons. The number of aliphatic imine (C=N–C) groups is 1. The zero-order valence-corrected chi connectivity index (χ0v) is 18.2.